The molecular formula is C19H21N5O5. The zero-order valence-electron chi connectivity index (χ0n) is 15.7. The molecule has 0 unspecified atom stereocenters. The van der Waals surface area contributed by atoms with Crippen molar-refractivity contribution in [3.63, 3.8) is 0 Å². The third-order valence-electron chi connectivity index (χ3n) is 4.45. The summed E-state index contributed by atoms with van der Waals surface area (Å²) >= 11 is 0. The van der Waals surface area contributed by atoms with Gasteiger partial charge < -0.3 is 19.9 Å². The molecule has 0 aliphatic carbocycles. The van der Waals surface area contributed by atoms with Crippen molar-refractivity contribution in [1.82, 2.24) is 15.2 Å². The highest BCUT2D eigenvalue weighted by Gasteiger charge is 2.22. The van der Waals surface area contributed by atoms with Crippen LogP contribution in [0.3, 0.4) is 0 Å². The van der Waals surface area contributed by atoms with E-state index in [0.29, 0.717) is 37.7 Å². The minimum atomic E-state index is -0.493. The van der Waals surface area contributed by atoms with E-state index in [2.05, 4.69) is 10.3 Å². The molecule has 0 bridgehead atoms. The predicted octanol–water partition coefficient (Wildman–Crippen LogP) is 0.834. The van der Waals surface area contributed by atoms with Crippen LogP contribution in [0.2, 0.25) is 0 Å². The van der Waals surface area contributed by atoms with Crippen molar-refractivity contribution in [3.8, 4) is 5.75 Å². The number of rotatable bonds is 7. The van der Waals surface area contributed by atoms with Gasteiger partial charge in [-0.1, -0.05) is 18.2 Å². The fraction of sp³-hybridized carbons (Fsp3) is 0.316. The molecule has 1 aromatic heterocycles. The fourth-order valence-corrected chi connectivity index (χ4v) is 2.86. The molecule has 1 saturated heterocycles. The van der Waals surface area contributed by atoms with Crippen LogP contribution in [-0.2, 0) is 9.59 Å². The standard InChI is InChI=1S/C19H21N5O5/c25-18(14-29-16-4-2-1-3-5-16)21-13-19(26)23-10-8-22(9-11-23)17-7-6-15(12-20-17)24(27)28/h1-7,12H,8-11,13-14H2,(H,21,25). The number of hydrogen-bond acceptors (Lipinski definition) is 7. The van der Waals surface area contributed by atoms with Crippen molar-refractivity contribution in [3.05, 3.63) is 58.8 Å². The summed E-state index contributed by atoms with van der Waals surface area (Å²) in [6.07, 6.45) is 1.22. The lowest BCUT2D eigenvalue weighted by Gasteiger charge is -2.35. The molecule has 1 aliphatic heterocycles. The molecule has 1 aromatic carbocycles. The van der Waals surface area contributed by atoms with Gasteiger partial charge in [-0.25, -0.2) is 4.98 Å². The van der Waals surface area contributed by atoms with Gasteiger partial charge in [0.15, 0.2) is 6.61 Å². The Morgan fingerprint density at radius 1 is 1.10 bits per heavy atom. The van der Waals surface area contributed by atoms with Crippen molar-refractivity contribution in [1.29, 1.82) is 0 Å². The average Bonchev–Trinajstić information content (AvgIpc) is 2.77. The van der Waals surface area contributed by atoms with E-state index in [-0.39, 0.29) is 30.7 Å². The van der Waals surface area contributed by atoms with Gasteiger partial charge in [0.1, 0.15) is 17.8 Å². The predicted molar refractivity (Wildman–Crippen MR) is 105 cm³/mol. The van der Waals surface area contributed by atoms with Crippen LogP contribution < -0.4 is 15.0 Å². The Kier molecular flexibility index (Phi) is 6.56. The van der Waals surface area contributed by atoms with E-state index >= 15 is 0 Å². The largest absolute Gasteiger partial charge is 0.484 e. The smallest absolute Gasteiger partial charge is 0.287 e. The molecule has 10 heteroatoms. The fourth-order valence-electron chi connectivity index (χ4n) is 2.86. The van der Waals surface area contributed by atoms with Crippen LogP contribution in [0.25, 0.3) is 0 Å². The van der Waals surface area contributed by atoms with Crippen LogP contribution in [0.1, 0.15) is 0 Å². The first-order chi connectivity index (χ1) is 14.0. The quantitative estimate of drug-likeness (QED) is 0.541. The summed E-state index contributed by atoms with van der Waals surface area (Å²) in [6.45, 7) is 1.83. The molecule has 29 heavy (non-hydrogen) atoms. The van der Waals surface area contributed by atoms with Gasteiger partial charge in [0.2, 0.25) is 5.91 Å². The molecule has 0 spiro atoms. The average molecular weight is 399 g/mol. The van der Waals surface area contributed by atoms with Gasteiger partial charge in [-0.2, -0.15) is 0 Å². The Hall–Kier alpha value is -3.69. The monoisotopic (exact) mass is 399 g/mol. The van der Waals surface area contributed by atoms with Gasteiger partial charge in [-0.3, -0.25) is 19.7 Å². The number of nitrogens with zero attached hydrogens (tertiary/aromatic N) is 4. The number of piperazine rings is 1. The van der Waals surface area contributed by atoms with Crippen molar-refractivity contribution in [2.75, 3.05) is 44.2 Å². The minimum absolute atomic E-state index is 0.0606. The number of amides is 2. The number of anilines is 1. The number of carbonyl (C=O) groups excluding carboxylic acids is 2. The third-order valence-corrected chi connectivity index (χ3v) is 4.45. The van der Waals surface area contributed by atoms with Gasteiger partial charge in [0.05, 0.1) is 11.5 Å². The Balaban J connectivity index is 1.39. The topological polar surface area (TPSA) is 118 Å². The van der Waals surface area contributed by atoms with E-state index in [1.54, 1.807) is 23.1 Å². The minimum Gasteiger partial charge on any atom is -0.484 e. The maximum atomic E-state index is 12.3. The molecule has 1 fully saturated rings. The SMILES string of the molecule is O=C(COc1ccccc1)NCC(=O)N1CCN(c2ccc([N+](=O)[O-])cn2)CC1. The maximum Gasteiger partial charge on any atom is 0.287 e. The normalized spacial score (nSPS) is 13.7. The van der Waals surface area contributed by atoms with Crippen molar-refractivity contribution in [2.24, 2.45) is 0 Å². The number of hydrogen-bond donors (Lipinski definition) is 1. The summed E-state index contributed by atoms with van der Waals surface area (Å²) in [7, 11) is 0. The van der Waals surface area contributed by atoms with Gasteiger partial charge in [-0.15, -0.1) is 0 Å². The lowest BCUT2D eigenvalue weighted by Crippen LogP contribution is -2.51. The molecule has 0 saturated carbocycles. The molecule has 2 heterocycles. The first-order valence-electron chi connectivity index (χ1n) is 9.10. The zero-order valence-corrected chi connectivity index (χ0v) is 15.7. The molecule has 3 rings (SSSR count). The number of ether oxygens (including phenoxy) is 1. The summed E-state index contributed by atoms with van der Waals surface area (Å²) < 4.78 is 5.34. The number of nitrogens with one attached hydrogen (secondary N) is 1. The summed E-state index contributed by atoms with van der Waals surface area (Å²) in [5.41, 5.74) is -0.0606. The number of nitro groups is 1. The first-order valence-corrected chi connectivity index (χ1v) is 9.10. The Bertz CT molecular complexity index is 851. The second-order valence-electron chi connectivity index (χ2n) is 6.38. The van der Waals surface area contributed by atoms with E-state index in [4.69, 9.17) is 4.74 Å². The summed E-state index contributed by atoms with van der Waals surface area (Å²) in [4.78, 5) is 42.1. The van der Waals surface area contributed by atoms with Gasteiger partial charge in [0.25, 0.3) is 11.6 Å². The second-order valence-corrected chi connectivity index (χ2v) is 6.38. The number of pyridine rings is 1. The maximum absolute atomic E-state index is 12.3. The van der Waals surface area contributed by atoms with E-state index in [9.17, 15) is 19.7 Å². The van der Waals surface area contributed by atoms with E-state index in [0.717, 1.165) is 0 Å². The number of carbonyl (C=O) groups is 2. The number of aromatic nitrogens is 1. The molecular weight excluding hydrogens is 378 g/mol. The van der Waals surface area contributed by atoms with E-state index < -0.39 is 4.92 Å². The molecule has 152 valence electrons. The van der Waals surface area contributed by atoms with E-state index in [1.807, 2.05) is 23.1 Å². The molecule has 1 aliphatic rings. The molecule has 2 amide bonds. The summed E-state index contributed by atoms with van der Waals surface area (Å²) in [5, 5.41) is 13.3. The molecule has 2 aromatic rings. The highest BCUT2D eigenvalue weighted by molar-refractivity contribution is 5.85. The van der Waals surface area contributed by atoms with Crippen LogP contribution in [-0.4, -0.2) is 66.0 Å². The highest BCUT2D eigenvalue weighted by Crippen LogP contribution is 2.17. The number of benzene rings is 1. The highest BCUT2D eigenvalue weighted by atomic mass is 16.6. The summed E-state index contributed by atoms with van der Waals surface area (Å²) in [5.74, 6) is 0.685. The van der Waals surface area contributed by atoms with E-state index in [1.165, 1.54) is 12.3 Å². The van der Waals surface area contributed by atoms with Gasteiger partial charge in [-0.05, 0) is 18.2 Å². The van der Waals surface area contributed by atoms with Crippen LogP contribution >= 0.6 is 0 Å². The van der Waals surface area contributed by atoms with Crippen molar-refractivity contribution >= 4 is 23.3 Å². The van der Waals surface area contributed by atoms with Gasteiger partial charge >= 0.3 is 0 Å². The second kappa shape index (κ2) is 9.49. The van der Waals surface area contributed by atoms with Crippen LogP contribution in [0, 0.1) is 10.1 Å². The molecule has 1 N–H and O–H groups in total. The Morgan fingerprint density at radius 2 is 1.83 bits per heavy atom. The van der Waals surface area contributed by atoms with Crippen LogP contribution in [0.15, 0.2) is 48.7 Å². The third kappa shape index (κ3) is 5.64. The first kappa shape index (κ1) is 20.1. The van der Waals surface area contributed by atoms with Crippen molar-refractivity contribution in [2.45, 2.75) is 0 Å². The van der Waals surface area contributed by atoms with Gasteiger partial charge in [0, 0.05) is 32.2 Å². The van der Waals surface area contributed by atoms with Crippen LogP contribution in [0.4, 0.5) is 11.5 Å². The lowest BCUT2D eigenvalue weighted by molar-refractivity contribution is -0.385. The van der Waals surface area contributed by atoms with Crippen molar-refractivity contribution < 1.29 is 19.2 Å². The molecule has 0 atom stereocenters. The number of para-hydroxylation sites is 1. The van der Waals surface area contributed by atoms with Crippen LogP contribution in [0.5, 0.6) is 5.75 Å². The molecule has 10 nitrogen and oxygen atoms in total. The lowest BCUT2D eigenvalue weighted by atomic mass is 10.3. The zero-order chi connectivity index (χ0) is 20.6. The summed E-state index contributed by atoms with van der Waals surface area (Å²) in [6, 6.07) is 12.0. The Morgan fingerprint density at radius 3 is 2.45 bits per heavy atom. The molecule has 0 radical (unpaired) electrons. The Labute approximate surface area is 167 Å².